The second-order valence-electron chi connectivity index (χ2n) is 4.33. The minimum Gasteiger partial charge on any atom is -0.236 e. The summed E-state index contributed by atoms with van der Waals surface area (Å²) < 4.78 is 1.91. The maximum absolute atomic E-state index is 6.30. The van der Waals surface area contributed by atoms with E-state index in [0.717, 1.165) is 29.1 Å². The van der Waals surface area contributed by atoms with E-state index in [1.807, 2.05) is 29.8 Å². The number of hydrogen-bond donors (Lipinski definition) is 0. The van der Waals surface area contributed by atoms with Crippen LogP contribution in [0.2, 0.25) is 5.02 Å². The first kappa shape index (κ1) is 13.4. The molecule has 0 fully saturated rings. The van der Waals surface area contributed by atoms with Gasteiger partial charge in [-0.25, -0.2) is 4.68 Å². The number of alkyl halides is 1. The highest BCUT2D eigenvalue weighted by atomic mass is 35.5. The Balaban J connectivity index is 2.55. The van der Waals surface area contributed by atoms with Gasteiger partial charge in [0.1, 0.15) is 0 Å². The summed E-state index contributed by atoms with van der Waals surface area (Å²) in [6.45, 7) is 6.24. The Morgan fingerprint density at radius 1 is 1.28 bits per heavy atom. The van der Waals surface area contributed by atoms with Crippen LogP contribution in [0.1, 0.15) is 29.4 Å². The lowest BCUT2D eigenvalue weighted by atomic mass is 10.1. The highest BCUT2D eigenvalue weighted by Gasteiger charge is 2.13. The molecule has 1 heterocycles. The van der Waals surface area contributed by atoms with Gasteiger partial charge in [-0.15, -0.1) is 11.6 Å². The van der Waals surface area contributed by atoms with E-state index in [0.29, 0.717) is 10.9 Å². The number of aromatic nitrogens is 2. The van der Waals surface area contributed by atoms with E-state index in [-0.39, 0.29) is 0 Å². The van der Waals surface area contributed by atoms with E-state index in [9.17, 15) is 0 Å². The van der Waals surface area contributed by atoms with Gasteiger partial charge in [-0.3, -0.25) is 0 Å². The number of halogens is 2. The van der Waals surface area contributed by atoms with Crippen molar-refractivity contribution in [2.75, 3.05) is 0 Å². The van der Waals surface area contributed by atoms with Crippen molar-refractivity contribution in [1.82, 2.24) is 9.78 Å². The van der Waals surface area contributed by atoms with Gasteiger partial charge in [0.15, 0.2) is 0 Å². The molecular formula is C14H16Cl2N2. The van der Waals surface area contributed by atoms with Crippen LogP contribution in [0, 0.1) is 13.8 Å². The van der Waals surface area contributed by atoms with Gasteiger partial charge in [0.25, 0.3) is 0 Å². The average molecular weight is 283 g/mol. The van der Waals surface area contributed by atoms with Crippen LogP contribution in [0.15, 0.2) is 18.2 Å². The van der Waals surface area contributed by atoms with Gasteiger partial charge in [0, 0.05) is 11.6 Å². The average Bonchev–Trinajstić information content (AvgIpc) is 2.64. The molecule has 0 spiro atoms. The van der Waals surface area contributed by atoms with E-state index in [4.69, 9.17) is 23.2 Å². The maximum atomic E-state index is 6.30. The first-order valence-electron chi connectivity index (χ1n) is 5.98. The molecule has 2 aromatic rings. The molecule has 96 valence electrons. The summed E-state index contributed by atoms with van der Waals surface area (Å²) in [6.07, 6.45) is 0.981. The molecule has 2 rings (SSSR count). The third-order valence-electron chi connectivity index (χ3n) is 3.19. The molecule has 0 atom stereocenters. The minimum absolute atomic E-state index is 0.470. The van der Waals surface area contributed by atoms with Crippen molar-refractivity contribution in [3.8, 4) is 5.69 Å². The normalized spacial score (nSPS) is 10.9. The van der Waals surface area contributed by atoms with Crippen molar-refractivity contribution >= 4 is 23.2 Å². The van der Waals surface area contributed by atoms with Gasteiger partial charge in [0.05, 0.1) is 16.4 Å². The zero-order valence-corrected chi connectivity index (χ0v) is 12.3. The SMILES string of the molecule is CCc1c(C)nn(-c2ccc(CCl)cc2Cl)c1C. The molecule has 0 radical (unpaired) electrons. The second kappa shape index (κ2) is 5.33. The van der Waals surface area contributed by atoms with E-state index in [1.165, 1.54) is 5.56 Å². The zero-order valence-electron chi connectivity index (χ0n) is 10.8. The van der Waals surface area contributed by atoms with Crippen LogP contribution in [0.4, 0.5) is 0 Å². The van der Waals surface area contributed by atoms with Crippen LogP contribution in [-0.4, -0.2) is 9.78 Å². The smallest absolute Gasteiger partial charge is 0.0835 e. The molecule has 0 aliphatic rings. The first-order chi connectivity index (χ1) is 8.58. The van der Waals surface area contributed by atoms with Crippen LogP contribution in [-0.2, 0) is 12.3 Å². The number of aryl methyl sites for hydroxylation is 1. The first-order valence-corrected chi connectivity index (χ1v) is 6.89. The molecule has 0 unspecified atom stereocenters. The lowest BCUT2D eigenvalue weighted by Crippen LogP contribution is -2.01. The maximum Gasteiger partial charge on any atom is 0.0835 e. The Kier molecular flexibility index (Phi) is 3.98. The Morgan fingerprint density at radius 2 is 2.00 bits per heavy atom. The van der Waals surface area contributed by atoms with Crippen molar-refractivity contribution in [2.24, 2.45) is 0 Å². The number of nitrogens with zero attached hydrogens (tertiary/aromatic N) is 2. The number of hydrogen-bond acceptors (Lipinski definition) is 1. The quantitative estimate of drug-likeness (QED) is 0.761. The summed E-state index contributed by atoms with van der Waals surface area (Å²) in [5, 5.41) is 5.25. The van der Waals surface area contributed by atoms with Crippen molar-refractivity contribution in [2.45, 2.75) is 33.1 Å². The molecule has 0 saturated carbocycles. The molecule has 1 aromatic carbocycles. The molecule has 18 heavy (non-hydrogen) atoms. The molecule has 0 saturated heterocycles. The molecule has 0 aliphatic heterocycles. The number of benzene rings is 1. The van der Waals surface area contributed by atoms with E-state index >= 15 is 0 Å². The van der Waals surface area contributed by atoms with Crippen LogP contribution in [0.25, 0.3) is 5.69 Å². The minimum atomic E-state index is 0.470. The summed E-state index contributed by atoms with van der Waals surface area (Å²) in [7, 11) is 0. The van der Waals surface area contributed by atoms with E-state index in [2.05, 4.69) is 18.9 Å². The molecule has 0 N–H and O–H groups in total. The molecule has 0 aliphatic carbocycles. The van der Waals surface area contributed by atoms with Crippen molar-refractivity contribution in [1.29, 1.82) is 0 Å². The lowest BCUT2D eigenvalue weighted by Gasteiger charge is -2.08. The largest absolute Gasteiger partial charge is 0.236 e. The van der Waals surface area contributed by atoms with Crippen molar-refractivity contribution in [3.63, 3.8) is 0 Å². The summed E-state index contributed by atoms with van der Waals surface area (Å²) in [5.41, 5.74) is 5.42. The predicted molar refractivity (Wildman–Crippen MR) is 77.0 cm³/mol. The van der Waals surface area contributed by atoms with Gasteiger partial charge in [-0.1, -0.05) is 24.6 Å². The molecule has 4 heteroatoms. The van der Waals surface area contributed by atoms with Gasteiger partial charge < -0.3 is 0 Å². The van der Waals surface area contributed by atoms with E-state index in [1.54, 1.807) is 0 Å². The highest BCUT2D eigenvalue weighted by Crippen LogP contribution is 2.25. The van der Waals surface area contributed by atoms with Gasteiger partial charge in [-0.05, 0) is 43.5 Å². The lowest BCUT2D eigenvalue weighted by molar-refractivity contribution is 0.832. The van der Waals surface area contributed by atoms with Crippen molar-refractivity contribution < 1.29 is 0 Å². The predicted octanol–water partition coefficient (Wildman–Crippen LogP) is 4.44. The molecule has 2 nitrogen and oxygen atoms in total. The molecule has 0 amide bonds. The number of rotatable bonds is 3. The molecular weight excluding hydrogens is 267 g/mol. The summed E-state index contributed by atoms with van der Waals surface area (Å²) in [6, 6.07) is 5.85. The highest BCUT2D eigenvalue weighted by molar-refractivity contribution is 6.32. The fourth-order valence-electron chi connectivity index (χ4n) is 2.23. The zero-order chi connectivity index (χ0) is 13.3. The third kappa shape index (κ3) is 2.27. The van der Waals surface area contributed by atoms with Crippen LogP contribution in [0.3, 0.4) is 0 Å². The standard InChI is InChI=1S/C14H16Cl2N2/c1-4-12-9(2)17-18(10(12)3)14-6-5-11(8-15)7-13(14)16/h5-7H,4,8H2,1-3H3. The van der Waals surface area contributed by atoms with Gasteiger partial charge in [-0.2, -0.15) is 5.10 Å². The Labute approximate surface area is 118 Å². The summed E-state index contributed by atoms with van der Waals surface area (Å²) in [5.74, 6) is 0.470. The van der Waals surface area contributed by atoms with Gasteiger partial charge in [0.2, 0.25) is 0 Å². The van der Waals surface area contributed by atoms with Crippen LogP contribution < -0.4 is 0 Å². The van der Waals surface area contributed by atoms with E-state index < -0.39 is 0 Å². The molecule has 0 bridgehead atoms. The monoisotopic (exact) mass is 282 g/mol. The second-order valence-corrected chi connectivity index (χ2v) is 5.01. The van der Waals surface area contributed by atoms with Gasteiger partial charge >= 0.3 is 0 Å². The summed E-state index contributed by atoms with van der Waals surface area (Å²) >= 11 is 12.1. The van der Waals surface area contributed by atoms with Crippen molar-refractivity contribution in [3.05, 3.63) is 45.7 Å². The Morgan fingerprint density at radius 3 is 2.50 bits per heavy atom. The van der Waals surface area contributed by atoms with Crippen LogP contribution >= 0.6 is 23.2 Å². The fraction of sp³-hybridized carbons (Fsp3) is 0.357. The Hall–Kier alpha value is -0.990. The van der Waals surface area contributed by atoms with Crippen LogP contribution in [0.5, 0.6) is 0 Å². The fourth-order valence-corrected chi connectivity index (χ4v) is 2.68. The topological polar surface area (TPSA) is 17.8 Å². The molecule has 1 aromatic heterocycles. The third-order valence-corrected chi connectivity index (χ3v) is 3.80. The Bertz CT molecular complexity index is 573. The summed E-state index contributed by atoms with van der Waals surface area (Å²) in [4.78, 5) is 0.